The zero-order valence-electron chi connectivity index (χ0n) is 18.1. The van der Waals surface area contributed by atoms with Gasteiger partial charge in [-0.3, -0.25) is 9.69 Å². The summed E-state index contributed by atoms with van der Waals surface area (Å²) >= 11 is 5.54. The highest BCUT2D eigenvalue weighted by Gasteiger charge is 2.58. The van der Waals surface area contributed by atoms with Crippen molar-refractivity contribution < 1.29 is 9.53 Å². The number of fused-ring (bicyclic) bond motifs is 2. The summed E-state index contributed by atoms with van der Waals surface area (Å²) in [5, 5.41) is 4.29. The minimum absolute atomic E-state index is 0.160. The first-order valence-electron chi connectivity index (χ1n) is 11.3. The van der Waals surface area contributed by atoms with Crippen LogP contribution in [0.1, 0.15) is 24.8 Å². The van der Waals surface area contributed by atoms with Crippen molar-refractivity contribution in [2.45, 2.75) is 24.7 Å². The van der Waals surface area contributed by atoms with Gasteiger partial charge in [-0.15, -0.1) is 0 Å². The number of carbonyl (C=O) groups excluding carboxylic acids is 1. The molecule has 6 heteroatoms. The molecule has 2 aliphatic heterocycles. The third-order valence-electron chi connectivity index (χ3n) is 6.29. The van der Waals surface area contributed by atoms with Gasteiger partial charge in [-0.05, 0) is 56.1 Å². The van der Waals surface area contributed by atoms with Crippen molar-refractivity contribution in [3.8, 4) is 0 Å². The van der Waals surface area contributed by atoms with Gasteiger partial charge in [0.2, 0.25) is 5.91 Å². The Bertz CT molecular complexity index is 851. The molecule has 0 radical (unpaired) electrons. The Labute approximate surface area is 190 Å². The highest BCUT2D eigenvalue weighted by Crippen LogP contribution is 2.57. The van der Waals surface area contributed by atoms with E-state index in [1.54, 1.807) is 0 Å². The zero-order valence-corrected chi connectivity index (χ0v) is 18.8. The molecule has 1 spiro atoms. The number of hydrogen-bond donors (Lipinski definition) is 1. The van der Waals surface area contributed by atoms with E-state index in [9.17, 15) is 4.79 Å². The summed E-state index contributed by atoms with van der Waals surface area (Å²) in [4.78, 5) is 17.2. The molecule has 0 atom stereocenters. The Hall–Kier alpha value is -1.92. The summed E-state index contributed by atoms with van der Waals surface area (Å²) in [7, 11) is 0. The van der Waals surface area contributed by atoms with Gasteiger partial charge >= 0.3 is 0 Å². The second-order valence-corrected chi connectivity index (χ2v) is 8.85. The molecular formula is C25H32ClN3O2. The number of amides is 1. The number of benzene rings is 2. The van der Waals surface area contributed by atoms with Crippen LogP contribution in [-0.2, 0) is 14.9 Å². The van der Waals surface area contributed by atoms with E-state index < -0.39 is 0 Å². The molecule has 2 heterocycles. The lowest BCUT2D eigenvalue weighted by Crippen LogP contribution is -2.39. The van der Waals surface area contributed by atoms with Gasteiger partial charge in [-0.25, -0.2) is 0 Å². The first-order valence-corrected chi connectivity index (χ1v) is 11.7. The van der Waals surface area contributed by atoms with Crippen LogP contribution in [0.25, 0.3) is 0 Å². The number of morpholine rings is 1. The SMILES string of the molecule is Clc1ccccc1.O=C1N(CCNCCCN2CCOCC2)c2ccccc2C12CC2. The highest BCUT2D eigenvalue weighted by atomic mass is 35.5. The van der Waals surface area contributed by atoms with Crippen molar-refractivity contribution >= 4 is 23.2 Å². The summed E-state index contributed by atoms with van der Waals surface area (Å²) in [5.74, 6) is 0.318. The van der Waals surface area contributed by atoms with Gasteiger partial charge < -0.3 is 15.0 Å². The van der Waals surface area contributed by atoms with Crippen molar-refractivity contribution in [3.63, 3.8) is 0 Å². The molecule has 0 unspecified atom stereocenters. The Morgan fingerprint density at radius 1 is 0.935 bits per heavy atom. The lowest BCUT2D eigenvalue weighted by atomic mass is 9.98. The molecule has 0 aromatic heterocycles. The molecule has 5 rings (SSSR count). The fourth-order valence-electron chi connectivity index (χ4n) is 4.41. The zero-order chi connectivity index (χ0) is 21.5. The van der Waals surface area contributed by atoms with Crippen LogP contribution in [0.15, 0.2) is 54.6 Å². The molecule has 1 amide bonds. The largest absolute Gasteiger partial charge is 0.379 e. The lowest BCUT2D eigenvalue weighted by molar-refractivity contribution is -0.120. The van der Waals surface area contributed by atoms with Gasteiger partial charge in [0.15, 0.2) is 0 Å². The fraction of sp³-hybridized carbons (Fsp3) is 0.480. The van der Waals surface area contributed by atoms with Crippen LogP contribution in [0.5, 0.6) is 0 Å². The van der Waals surface area contributed by atoms with Gasteiger partial charge in [0.25, 0.3) is 0 Å². The van der Waals surface area contributed by atoms with Gasteiger partial charge in [0.1, 0.15) is 0 Å². The normalized spacial score (nSPS) is 19.1. The first-order chi connectivity index (χ1) is 15.2. The topological polar surface area (TPSA) is 44.8 Å². The average Bonchev–Trinajstić information content (AvgIpc) is 3.58. The van der Waals surface area contributed by atoms with Crippen molar-refractivity contribution in [2.75, 3.05) is 57.4 Å². The number of hydrogen-bond acceptors (Lipinski definition) is 4. The number of halogens is 1. The molecule has 0 bridgehead atoms. The van der Waals surface area contributed by atoms with Crippen molar-refractivity contribution in [2.24, 2.45) is 0 Å². The number of ether oxygens (including phenoxy) is 1. The summed E-state index contributed by atoms with van der Waals surface area (Å²) < 4.78 is 5.37. The van der Waals surface area contributed by atoms with E-state index in [0.717, 1.165) is 82.5 Å². The third-order valence-corrected chi connectivity index (χ3v) is 6.54. The van der Waals surface area contributed by atoms with Crippen LogP contribution in [0.2, 0.25) is 5.02 Å². The van der Waals surface area contributed by atoms with Crippen LogP contribution in [0.4, 0.5) is 5.69 Å². The minimum Gasteiger partial charge on any atom is -0.379 e. The standard InChI is InChI=1S/C19H27N3O2.C6H5Cl/c23-18-19(6-7-19)16-4-1-2-5-17(16)22(18)11-9-20-8-3-10-21-12-14-24-15-13-21;7-6-4-2-1-3-5-6/h1-2,4-5,20H,3,6-15H2;1-5H. The Balaban J connectivity index is 0.000000282. The van der Waals surface area contributed by atoms with Crippen molar-refractivity contribution in [3.05, 3.63) is 65.2 Å². The summed E-state index contributed by atoms with van der Waals surface area (Å²) in [6.45, 7) is 7.62. The minimum atomic E-state index is -0.160. The molecule has 3 aliphatic rings. The third kappa shape index (κ3) is 5.47. The predicted molar refractivity (Wildman–Crippen MR) is 126 cm³/mol. The monoisotopic (exact) mass is 441 g/mol. The van der Waals surface area contributed by atoms with Gasteiger partial charge in [0, 0.05) is 36.9 Å². The molecule has 2 aromatic carbocycles. The van der Waals surface area contributed by atoms with Crippen LogP contribution >= 0.6 is 11.6 Å². The Morgan fingerprint density at radius 2 is 1.65 bits per heavy atom. The van der Waals surface area contributed by atoms with Crippen molar-refractivity contribution in [1.82, 2.24) is 10.2 Å². The number of rotatable bonds is 7. The Morgan fingerprint density at radius 3 is 2.32 bits per heavy atom. The summed E-state index contributed by atoms with van der Waals surface area (Å²) in [6, 6.07) is 17.8. The molecule has 1 N–H and O–H groups in total. The number of anilines is 1. The second-order valence-electron chi connectivity index (χ2n) is 8.41. The maximum absolute atomic E-state index is 12.8. The van der Waals surface area contributed by atoms with Gasteiger partial charge in [-0.2, -0.15) is 0 Å². The van der Waals surface area contributed by atoms with E-state index in [1.165, 1.54) is 5.56 Å². The molecule has 166 valence electrons. The summed E-state index contributed by atoms with van der Waals surface area (Å²) in [6.07, 6.45) is 3.19. The fourth-order valence-corrected chi connectivity index (χ4v) is 4.56. The van der Waals surface area contributed by atoms with Crippen molar-refractivity contribution in [1.29, 1.82) is 0 Å². The van der Waals surface area contributed by atoms with E-state index in [-0.39, 0.29) is 5.41 Å². The molecular weight excluding hydrogens is 410 g/mol. The molecule has 1 saturated carbocycles. The average molecular weight is 442 g/mol. The number of carbonyl (C=O) groups is 1. The van der Waals surface area contributed by atoms with Gasteiger partial charge in [0.05, 0.1) is 18.6 Å². The molecule has 2 fully saturated rings. The van der Waals surface area contributed by atoms with Gasteiger partial charge in [-0.1, -0.05) is 48.0 Å². The first kappa shape index (κ1) is 22.3. The highest BCUT2D eigenvalue weighted by molar-refractivity contribution is 6.30. The van der Waals surface area contributed by atoms with Crippen LogP contribution in [-0.4, -0.2) is 63.3 Å². The molecule has 2 aromatic rings. The maximum Gasteiger partial charge on any atom is 0.237 e. The van der Waals surface area contributed by atoms with Crippen LogP contribution in [0.3, 0.4) is 0 Å². The van der Waals surface area contributed by atoms with E-state index in [1.807, 2.05) is 41.3 Å². The second kappa shape index (κ2) is 10.6. The van der Waals surface area contributed by atoms with E-state index in [0.29, 0.717) is 5.91 Å². The van der Waals surface area contributed by atoms with E-state index in [2.05, 4.69) is 28.4 Å². The van der Waals surface area contributed by atoms with Crippen LogP contribution in [0, 0.1) is 0 Å². The molecule has 5 nitrogen and oxygen atoms in total. The summed E-state index contributed by atoms with van der Waals surface area (Å²) in [5.41, 5.74) is 2.23. The number of nitrogens with one attached hydrogen (secondary N) is 1. The number of nitrogens with zero attached hydrogens (tertiary/aromatic N) is 2. The smallest absolute Gasteiger partial charge is 0.237 e. The van der Waals surface area contributed by atoms with E-state index >= 15 is 0 Å². The lowest BCUT2D eigenvalue weighted by Gasteiger charge is -2.26. The van der Waals surface area contributed by atoms with E-state index in [4.69, 9.17) is 16.3 Å². The number of para-hydroxylation sites is 1. The molecule has 1 aliphatic carbocycles. The predicted octanol–water partition coefficient (Wildman–Crippen LogP) is 3.72. The van der Waals surface area contributed by atoms with Crippen LogP contribution < -0.4 is 10.2 Å². The quantitative estimate of drug-likeness (QED) is 0.665. The maximum atomic E-state index is 12.8. The Kier molecular flexibility index (Phi) is 7.62. The molecule has 31 heavy (non-hydrogen) atoms. The molecule has 1 saturated heterocycles.